The fraction of sp³-hybridized carbons (Fsp3) is 0.696. The van der Waals surface area contributed by atoms with E-state index >= 15 is 0 Å². The molecule has 0 spiro atoms. The number of nitrogens with zero attached hydrogens (tertiary/aromatic N) is 4. The normalized spacial score (nSPS) is 12.4. The van der Waals surface area contributed by atoms with Crippen LogP contribution in [0.1, 0.15) is 76.1 Å². The summed E-state index contributed by atoms with van der Waals surface area (Å²) in [5.74, 6) is 0.844. The molecule has 2 rings (SSSR count). The summed E-state index contributed by atoms with van der Waals surface area (Å²) < 4.78 is 7.21. The van der Waals surface area contributed by atoms with Crippen molar-refractivity contribution in [2.24, 2.45) is 7.05 Å². The molecule has 1 amide bonds. The molecule has 2 aromatic rings. The van der Waals surface area contributed by atoms with Crippen LogP contribution in [-0.4, -0.2) is 45.3 Å². The number of amides is 1. The number of hydrogen-bond donors (Lipinski definition) is 0. The molecule has 1 atom stereocenters. The molecule has 29 heavy (non-hydrogen) atoms. The zero-order chi connectivity index (χ0) is 21.6. The molecule has 0 aliphatic heterocycles. The van der Waals surface area contributed by atoms with Crippen molar-refractivity contribution in [1.82, 2.24) is 19.7 Å². The van der Waals surface area contributed by atoms with E-state index in [1.807, 2.05) is 14.0 Å². The van der Waals surface area contributed by atoms with E-state index in [1.54, 1.807) is 11.8 Å². The fourth-order valence-corrected chi connectivity index (χ4v) is 4.18. The topological polar surface area (TPSA) is 60.3 Å². The smallest absolute Gasteiger partial charge is 0.242 e. The van der Waals surface area contributed by atoms with E-state index in [2.05, 4.69) is 37.7 Å². The molecule has 0 aliphatic rings. The highest BCUT2D eigenvalue weighted by molar-refractivity contribution is 5.86. The minimum absolute atomic E-state index is 0.249. The van der Waals surface area contributed by atoms with Crippen molar-refractivity contribution in [2.45, 2.75) is 85.6 Å². The fourth-order valence-electron chi connectivity index (χ4n) is 4.18. The highest BCUT2D eigenvalue weighted by Gasteiger charge is 2.22. The van der Waals surface area contributed by atoms with Crippen LogP contribution >= 0.6 is 0 Å². The van der Waals surface area contributed by atoms with Gasteiger partial charge in [-0.2, -0.15) is 0 Å². The van der Waals surface area contributed by atoms with Gasteiger partial charge in [0.1, 0.15) is 0 Å². The first-order valence-corrected chi connectivity index (χ1v) is 11.0. The lowest BCUT2D eigenvalue weighted by Gasteiger charge is -2.29. The number of methoxy groups -OCH3 is 1. The Morgan fingerprint density at radius 3 is 2.55 bits per heavy atom. The molecule has 2 aromatic heterocycles. The van der Waals surface area contributed by atoms with Gasteiger partial charge < -0.3 is 9.64 Å². The number of hydrogen-bond acceptors (Lipinski definition) is 4. The second kappa shape index (κ2) is 10.6. The largest absolute Gasteiger partial charge is 0.479 e. The van der Waals surface area contributed by atoms with Gasteiger partial charge in [-0.25, -0.2) is 9.67 Å². The van der Waals surface area contributed by atoms with Crippen molar-refractivity contribution in [3.8, 4) is 5.88 Å². The Bertz CT molecular complexity index is 828. The maximum absolute atomic E-state index is 13.1. The molecule has 0 saturated carbocycles. The van der Waals surface area contributed by atoms with E-state index < -0.39 is 0 Å². The second-order valence-electron chi connectivity index (χ2n) is 8.06. The van der Waals surface area contributed by atoms with Crippen LogP contribution in [0, 0.1) is 13.8 Å². The molecule has 0 aliphatic carbocycles. The lowest BCUT2D eigenvalue weighted by Crippen LogP contribution is -2.39. The Morgan fingerprint density at radius 1 is 1.21 bits per heavy atom. The first kappa shape index (κ1) is 23.2. The Labute approximate surface area is 175 Å². The van der Waals surface area contributed by atoms with Gasteiger partial charge in [0.25, 0.3) is 0 Å². The molecule has 0 N–H and O–H groups in total. The lowest BCUT2D eigenvalue weighted by molar-refractivity contribution is -0.133. The molecule has 0 saturated heterocycles. The summed E-state index contributed by atoms with van der Waals surface area (Å²) >= 11 is 0. The SMILES string of the molecule is CCCCCN(C(=O)CCc1c(C)nc2c(c(OC)nn2C)c1C)C(C)CCC. The number of aryl methyl sites for hydroxylation is 3. The Morgan fingerprint density at radius 2 is 1.93 bits per heavy atom. The van der Waals surface area contributed by atoms with E-state index in [9.17, 15) is 4.79 Å². The summed E-state index contributed by atoms with van der Waals surface area (Å²) in [6.07, 6.45) is 6.77. The third kappa shape index (κ3) is 5.28. The van der Waals surface area contributed by atoms with Gasteiger partial charge in [-0.05, 0) is 51.2 Å². The highest BCUT2D eigenvalue weighted by atomic mass is 16.5. The maximum Gasteiger partial charge on any atom is 0.242 e. The standard InChI is InChI=1S/C23H38N4O2/c1-8-10-11-15-27(16(3)12-9-2)20(28)14-13-19-17(4)21-22(24-18(19)5)26(6)25-23(21)29-7/h16H,8-15H2,1-7H3. The number of carbonyl (C=O) groups is 1. The summed E-state index contributed by atoms with van der Waals surface area (Å²) in [6.45, 7) is 11.5. The molecule has 6 heteroatoms. The number of rotatable bonds is 11. The van der Waals surface area contributed by atoms with Crippen LogP contribution in [0.3, 0.4) is 0 Å². The third-order valence-electron chi connectivity index (χ3n) is 5.87. The van der Waals surface area contributed by atoms with Crippen molar-refractivity contribution in [3.63, 3.8) is 0 Å². The second-order valence-corrected chi connectivity index (χ2v) is 8.06. The molecule has 1 unspecified atom stereocenters. The van der Waals surface area contributed by atoms with Crippen LogP contribution in [0.5, 0.6) is 5.88 Å². The monoisotopic (exact) mass is 402 g/mol. The Kier molecular flexibility index (Phi) is 8.47. The van der Waals surface area contributed by atoms with Crippen LogP contribution in [0.15, 0.2) is 0 Å². The summed E-state index contributed by atoms with van der Waals surface area (Å²) in [5, 5.41) is 5.36. The number of ether oxygens (including phenoxy) is 1. The molecule has 2 heterocycles. The van der Waals surface area contributed by atoms with Gasteiger partial charge in [0, 0.05) is 31.7 Å². The number of pyridine rings is 1. The van der Waals surface area contributed by atoms with Crippen molar-refractivity contribution < 1.29 is 9.53 Å². The van der Waals surface area contributed by atoms with Gasteiger partial charge in [0.05, 0.1) is 12.5 Å². The number of unbranched alkanes of at least 4 members (excludes halogenated alkanes) is 2. The maximum atomic E-state index is 13.1. The first-order valence-electron chi connectivity index (χ1n) is 11.0. The Hall–Kier alpha value is -2.11. The molecular formula is C23H38N4O2. The van der Waals surface area contributed by atoms with Crippen LogP contribution in [0.4, 0.5) is 0 Å². The van der Waals surface area contributed by atoms with E-state index in [1.165, 1.54) is 12.8 Å². The van der Waals surface area contributed by atoms with Gasteiger partial charge in [0.15, 0.2) is 5.65 Å². The molecule has 6 nitrogen and oxygen atoms in total. The van der Waals surface area contributed by atoms with Crippen LogP contribution in [0.25, 0.3) is 11.0 Å². The number of fused-ring (bicyclic) bond motifs is 1. The van der Waals surface area contributed by atoms with E-state index in [4.69, 9.17) is 9.72 Å². The van der Waals surface area contributed by atoms with Crippen LogP contribution in [0.2, 0.25) is 0 Å². The zero-order valence-corrected chi connectivity index (χ0v) is 19.3. The summed E-state index contributed by atoms with van der Waals surface area (Å²) in [6, 6.07) is 0.297. The third-order valence-corrected chi connectivity index (χ3v) is 5.87. The molecule has 0 fully saturated rings. The van der Waals surface area contributed by atoms with Gasteiger partial charge >= 0.3 is 0 Å². The predicted molar refractivity (Wildman–Crippen MR) is 118 cm³/mol. The van der Waals surface area contributed by atoms with Crippen LogP contribution in [-0.2, 0) is 18.3 Å². The van der Waals surface area contributed by atoms with Crippen molar-refractivity contribution in [3.05, 3.63) is 16.8 Å². The summed E-state index contributed by atoms with van der Waals surface area (Å²) in [7, 11) is 3.51. The quantitative estimate of drug-likeness (QED) is 0.510. The number of aromatic nitrogens is 3. The lowest BCUT2D eigenvalue weighted by atomic mass is 9.99. The average Bonchev–Trinajstić information content (AvgIpc) is 3.00. The molecule has 0 bridgehead atoms. The summed E-state index contributed by atoms with van der Waals surface area (Å²) in [4.78, 5) is 20.0. The van der Waals surface area contributed by atoms with Gasteiger partial charge in [-0.15, -0.1) is 5.10 Å². The van der Waals surface area contributed by atoms with Gasteiger partial charge in [-0.3, -0.25) is 4.79 Å². The van der Waals surface area contributed by atoms with Gasteiger partial charge in [0.2, 0.25) is 11.8 Å². The zero-order valence-electron chi connectivity index (χ0n) is 19.3. The average molecular weight is 403 g/mol. The minimum atomic E-state index is 0.249. The Balaban J connectivity index is 2.21. The summed E-state index contributed by atoms with van der Waals surface area (Å²) in [5.41, 5.74) is 4.04. The molecule has 0 aromatic carbocycles. The van der Waals surface area contributed by atoms with Crippen LogP contribution < -0.4 is 4.74 Å². The molecular weight excluding hydrogens is 364 g/mol. The van der Waals surface area contributed by atoms with Crippen molar-refractivity contribution in [1.29, 1.82) is 0 Å². The first-order chi connectivity index (χ1) is 13.8. The number of carbonyl (C=O) groups excluding carboxylic acids is 1. The molecule has 0 radical (unpaired) electrons. The van der Waals surface area contributed by atoms with Crippen molar-refractivity contribution in [2.75, 3.05) is 13.7 Å². The van der Waals surface area contributed by atoms with E-state index in [0.717, 1.165) is 53.7 Å². The van der Waals surface area contributed by atoms with E-state index in [-0.39, 0.29) is 5.91 Å². The van der Waals surface area contributed by atoms with Gasteiger partial charge in [-0.1, -0.05) is 33.1 Å². The molecule has 162 valence electrons. The van der Waals surface area contributed by atoms with Crippen molar-refractivity contribution >= 4 is 16.9 Å². The predicted octanol–water partition coefficient (Wildman–Crippen LogP) is 4.73. The van der Waals surface area contributed by atoms with E-state index in [0.29, 0.717) is 24.8 Å². The minimum Gasteiger partial charge on any atom is -0.479 e. The highest BCUT2D eigenvalue weighted by Crippen LogP contribution is 2.30.